The Morgan fingerprint density at radius 3 is 2.75 bits per heavy atom. The van der Waals surface area contributed by atoms with Crippen LogP contribution in [-0.4, -0.2) is 15.1 Å². The molecule has 2 aromatic rings. The molecule has 0 aliphatic carbocycles. The first-order valence-corrected chi connectivity index (χ1v) is 5.94. The zero-order chi connectivity index (χ0) is 11.7. The third-order valence-corrected chi connectivity index (χ3v) is 3.44. The van der Waals surface area contributed by atoms with Gasteiger partial charge in [0.25, 0.3) is 5.69 Å². The van der Waals surface area contributed by atoms with Crippen LogP contribution < -0.4 is 0 Å². The van der Waals surface area contributed by atoms with Crippen molar-refractivity contribution < 1.29 is 4.92 Å². The van der Waals surface area contributed by atoms with Crippen LogP contribution in [0.2, 0.25) is 0 Å². The Kier molecular flexibility index (Phi) is 2.97. The van der Waals surface area contributed by atoms with Gasteiger partial charge in [0.1, 0.15) is 0 Å². The predicted molar refractivity (Wildman–Crippen MR) is 64.4 cm³/mol. The van der Waals surface area contributed by atoms with Crippen molar-refractivity contribution in [2.45, 2.75) is 6.92 Å². The Labute approximate surface area is 103 Å². The van der Waals surface area contributed by atoms with Gasteiger partial charge in [0.05, 0.1) is 10.5 Å². The monoisotopic (exact) mass is 299 g/mol. The maximum Gasteiger partial charge on any atom is 0.279 e. The van der Waals surface area contributed by atoms with Crippen LogP contribution in [0.4, 0.5) is 5.69 Å². The summed E-state index contributed by atoms with van der Waals surface area (Å²) in [6.45, 7) is 1.82. The molecule has 2 rings (SSSR count). The van der Waals surface area contributed by atoms with Gasteiger partial charge in [-0.15, -0.1) is 10.2 Å². The van der Waals surface area contributed by atoms with Crippen LogP contribution in [0.3, 0.4) is 0 Å². The molecule has 0 unspecified atom stereocenters. The van der Waals surface area contributed by atoms with Crippen LogP contribution in [0, 0.1) is 17.0 Å². The summed E-state index contributed by atoms with van der Waals surface area (Å²) >= 11 is 4.47. The number of rotatable bonds is 2. The van der Waals surface area contributed by atoms with Crippen molar-refractivity contribution in [3.05, 3.63) is 37.8 Å². The summed E-state index contributed by atoms with van der Waals surface area (Å²) < 4.78 is 0.611. The Balaban J connectivity index is 2.67. The van der Waals surface area contributed by atoms with E-state index in [9.17, 15) is 10.1 Å². The van der Waals surface area contributed by atoms with Gasteiger partial charge in [-0.3, -0.25) is 10.1 Å². The van der Waals surface area contributed by atoms with Crippen molar-refractivity contribution in [1.82, 2.24) is 10.2 Å². The minimum Gasteiger partial charge on any atom is -0.258 e. The maximum atomic E-state index is 10.9. The molecule has 0 radical (unpaired) electrons. The van der Waals surface area contributed by atoms with Crippen LogP contribution in [0.15, 0.2) is 22.1 Å². The van der Waals surface area contributed by atoms with E-state index in [0.29, 0.717) is 14.5 Å². The fourth-order valence-electron chi connectivity index (χ4n) is 1.39. The van der Waals surface area contributed by atoms with Crippen molar-refractivity contribution >= 4 is 33.0 Å². The minimum absolute atomic E-state index is 0.0589. The average molecular weight is 300 g/mol. The molecule has 0 atom stereocenters. The van der Waals surface area contributed by atoms with Gasteiger partial charge in [0, 0.05) is 6.07 Å². The van der Waals surface area contributed by atoms with Crippen molar-refractivity contribution in [3.63, 3.8) is 0 Å². The molecule has 0 amide bonds. The molecule has 0 bridgehead atoms. The molecule has 16 heavy (non-hydrogen) atoms. The number of benzene rings is 1. The lowest BCUT2D eigenvalue weighted by molar-refractivity contribution is -0.384. The first-order valence-electron chi connectivity index (χ1n) is 4.33. The van der Waals surface area contributed by atoms with E-state index in [2.05, 4.69) is 26.1 Å². The molecule has 0 aliphatic heterocycles. The molecule has 0 saturated carbocycles. The highest BCUT2D eigenvalue weighted by Gasteiger charge is 2.20. The molecule has 1 heterocycles. The number of hydrogen-bond donors (Lipinski definition) is 0. The van der Waals surface area contributed by atoms with E-state index in [1.165, 1.54) is 17.4 Å². The lowest BCUT2D eigenvalue weighted by Crippen LogP contribution is -1.93. The molecule has 82 valence electrons. The number of nitro benzene ring substituents is 1. The van der Waals surface area contributed by atoms with E-state index in [1.807, 2.05) is 13.0 Å². The zero-order valence-electron chi connectivity index (χ0n) is 8.18. The topological polar surface area (TPSA) is 68.9 Å². The Morgan fingerprint density at radius 1 is 1.44 bits per heavy atom. The van der Waals surface area contributed by atoms with Crippen molar-refractivity contribution in [3.8, 4) is 10.6 Å². The highest BCUT2D eigenvalue weighted by molar-refractivity contribution is 9.11. The van der Waals surface area contributed by atoms with Gasteiger partial charge in [-0.25, -0.2) is 0 Å². The fraction of sp³-hybridized carbons (Fsp3) is 0.111. The molecule has 1 aromatic carbocycles. The summed E-state index contributed by atoms with van der Waals surface area (Å²) in [5.74, 6) is 0. The van der Waals surface area contributed by atoms with E-state index < -0.39 is 4.92 Å². The molecule has 1 aromatic heterocycles. The van der Waals surface area contributed by atoms with Crippen LogP contribution >= 0.6 is 27.3 Å². The van der Waals surface area contributed by atoms with E-state index in [1.54, 1.807) is 6.07 Å². The van der Waals surface area contributed by atoms with Crippen LogP contribution in [0.1, 0.15) is 5.56 Å². The van der Waals surface area contributed by atoms with Gasteiger partial charge in [0.2, 0.25) is 0 Å². The first-order chi connectivity index (χ1) is 7.59. The summed E-state index contributed by atoms with van der Waals surface area (Å²) in [6, 6.07) is 4.95. The van der Waals surface area contributed by atoms with Gasteiger partial charge in [-0.2, -0.15) is 0 Å². The van der Waals surface area contributed by atoms with Crippen LogP contribution in [0.25, 0.3) is 10.6 Å². The summed E-state index contributed by atoms with van der Waals surface area (Å²) in [5.41, 5.74) is 1.41. The summed E-state index contributed by atoms with van der Waals surface area (Å²) in [5, 5.41) is 19.2. The van der Waals surface area contributed by atoms with E-state index in [-0.39, 0.29) is 5.69 Å². The number of nitrogens with zero attached hydrogens (tertiary/aromatic N) is 3. The molecule has 0 N–H and O–H groups in total. The number of aryl methyl sites for hydroxylation is 1. The van der Waals surface area contributed by atoms with E-state index in [0.717, 1.165) is 5.56 Å². The SMILES string of the molecule is Cc1cccc([N+](=O)[O-])c1-c1nnc(Br)s1. The second kappa shape index (κ2) is 4.26. The van der Waals surface area contributed by atoms with E-state index in [4.69, 9.17) is 0 Å². The quantitative estimate of drug-likeness (QED) is 0.631. The third kappa shape index (κ3) is 1.96. The number of aromatic nitrogens is 2. The Bertz CT molecular complexity index is 555. The van der Waals surface area contributed by atoms with Gasteiger partial charge in [-0.05, 0) is 28.4 Å². The number of halogens is 1. The molecule has 0 fully saturated rings. The molecule has 0 spiro atoms. The molecule has 5 nitrogen and oxygen atoms in total. The molecule has 0 aliphatic rings. The van der Waals surface area contributed by atoms with Crippen LogP contribution in [-0.2, 0) is 0 Å². The highest BCUT2D eigenvalue weighted by Crippen LogP contribution is 2.35. The minimum atomic E-state index is -0.405. The van der Waals surface area contributed by atoms with E-state index >= 15 is 0 Å². The molecule has 0 saturated heterocycles. The molecular weight excluding hydrogens is 294 g/mol. The maximum absolute atomic E-state index is 10.9. The third-order valence-electron chi connectivity index (χ3n) is 2.06. The number of nitro groups is 1. The largest absolute Gasteiger partial charge is 0.279 e. The van der Waals surface area contributed by atoms with Gasteiger partial charge in [0.15, 0.2) is 8.92 Å². The summed E-state index contributed by atoms with van der Waals surface area (Å²) in [6.07, 6.45) is 0. The van der Waals surface area contributed by atoms with Crippen molar-refractivity contribution in [1.29, 1.82) is 0 Å². The average Bonchev–Trinajstić information content (AvgIpc) is 2.64. The predicted octanol–water partition coefficient (Wildman–Crippen LogP) is 3.18. The lowest BCUT2D eigenvalue weighted by Gasteiger charge is -2.01. The van der Waals surface area contributed by atoms with Crippen molar-refractivity contribution in [2.75, 3.05) is 0 Å². The summed E-state index contributed by atoms with van der Waals surface area (Å²) in [4.78, 5) is 10.5. The standard InChI is InChI=1S/C9H6BrN3O2S/c1-5-3-2-4-6(13(14)15)7(5)8-11-12-9(10)16-8/h2-4H,1H3. The summed E-state index contributed by atoms with van der Waals surface area (Å²) in [7, 11) is 0. The molecule has 7 heteroatoms. The van der Waals surface area contributed by atoms with Gasteiger partial charge >= 0.3 is 0 Å². The zero-order valence-corrected chi connectivity index (χ0v) is 10.6. The Hall–Kier alpha value is -1.34. The first kappa shape index (κ1) is 11.2. The van der Waals surface area contributed by atoms with Gasteiger partial charge < -0.3 is 0 Å². The molecular formula is C9H6BrN3O2S. The van der Waals surface area contributed by atoms with Crippen LogP contribution in [0.5, 0.6) is 0 Å². The lowest BCUT2D eigenvalue weighted by atomic mass is 10.1. The highest BCUT2D eigenvalue weighted by atomic mass is 79.9. The van der Waals surface area contributed by atoms with Gasteiger partial charge in [-0.1, -0.05) is 23.5 Å². The van der Waals surface area contributed by atoms with Crippen molar-refractivity contribution in [2.24, 2.45) is 0 Å². The normalized spacial score (nSPS) is 10.4. The smallest absolute Gasteiger partial charge is 0.258 e. The second-order valence-electron chi connectivity index (χ2n) is 3.09. The second-order valence-corrected chi connectivity index (χ2v) is 5.34. The number of hydrogen-bond acceptors (Lipinski definition) is 5. The Morgan fingerprint density at radius 2 is 2.19 bits per heavy atom. The fourth-order valence-corrected chi connectivity index (χ4v) is 2.62.